The van der Waals surface area contributed by atoms with Crippen LogP contribution in [0.15, 0.2) is 24.3 Å². The number of hydrogen-bond acceptors (Lipinski definition) is 4. The topological polar surface area (TPSA) is 55.9 Å². The first-order valence-electron chi connectivity index (χ1n) is 10.9. The van der Waals surface area contributed by atoms with Crippen molar-refractivity contribution in [2.45, 2.75) is 45.1 Å². The van der Waals surface area contributed by atoms with Gasteiger partial charge in [-0.3, -0.25) is 19.4 Å². The van der Waals surface area contributed by atoms with Gasteiger partial charge < -0.3 is 10.2 Å². The number of piperazine rings is 1. The summed E-state index contributed by atoms with van der Waals surface area (Å²) >= 11 is 6.10. The number of para-hydroxylation sites is 1. The van der Waals surface area contributed by atoms with Crippen LogP contribution in [0.3, 0.4) is 0 Å². The summed E-state index contributed by atoms with van der Waals surface area (Å²) in [5.74, 6) is 0.196. The van der Waals surface area contributed by atoms with E-state index in [1.54, 1.807) is 12.1 Å². The number of amides is 2. The van der Waals surface area contributed by atoms with Crippen molar-refractivity contribution in [1.82, 2.24) is 14.7 Å². The number of carbonyl (C=O) groups excluding carboxylic acids is 2. The molecule has 0 atom stereocenters. The lowest BCUT2D eigenvalue weighted by Crippen LogP contribution is -2.52. The second-order valence-electron chi connectivity index (χ2n) is 8.05. The van der Waals surface area contributed by atoms with Gasteiger partial charge >= 0.3 is 0 Å². The molecule has 1 aromatic carbocycles. The average Bonchev–Trinajstić information content (AvgIpc) is 2.72. The van der Waals surface area contributed by atoms with Crippen molar-refractivity contribution in [3.63, 3.8) is 0 Å². The van der Waals surface area contributed by atoms with E-state index in [0.29, 0.717) is 29.8 Å². The van der Waals surface area contributed by atoms with Crippen molar-refractivity contribution in [3.8, 4) is 0 Å². The van der Waals surface area contributed by atoms with Crippen LogP contribution in [0.2, 0.25) is 5.02 Å². The summed E-state index contributed by atoms with van der Waals surface area (Å²) in [5, 5.41) is 3.42. The summed E-state index contributed by atoms with van der Waals surface area (Å²) in [6.45, 7) is 6.92. The third-order valence-corrected chi connectivity index (χ3v) is 6.35. The number of benzene rings is 1. The van der Waals surface area contributed by atoms with Crippen molar-refractivity contribution < 1.29 is 9.59 Å². The first-order valence-corrected chi connectivity index (χ1v) is 11.2. The number of likely N-dealkylation sites (N-methyl/N-ethyl adjacent to an activating group) is 1. The summed E-state index contributed by atoms with van der Waals surface area (Å²) in [5.41, 5.74) is 0.644. The van der Waals surface area contributed by atoms with E-state index in [0.717, 1.165) is 45.6 Å². The van der Waals surface area contributed by atoms with Gasteiger partial charge in [-0.1, -0.05) is 43.0 Å². The number of nitrogens with zero attached hydrogens (tertiary/aromatic N) is 3. The molecule has 1 heterocycles. The molecule has 0 aromatic heterocycles. The van der Waals surface area contributed by atoms with Crippen LogP contribution in [-0.4, -0.2) is 78.4 Å². The van der Waals surface area contributed by atoms with E-state index in [1.165, 1.54) is 19.3 Å². The Balaban J connectivity index is 1.41. The zero-order valence-electron chi connectivity index (χ0n) is 17.4. The number of hydrogen-bond donors (Lipinski definition) is 1. The number of anilines is 1. The molecule has 1 aliphatic carbocycles. The molecular formula is C22H33ClN4O2. The van der Waals surface area contributed by atoms with Crippen LogP contribution in [0.5, 0.6) is 0 Å². The highest BCUT2D eigenvalue weighted by Crippen LogP contribution is 2.23. The van der Waals surface area contributed by atoms with Gasteiger partial charge in [0.1, 0.15) is 0 Å². The van der Waals surface area contributed by atoms with Gasteiger partial charge in [0, 0.05) is 38.8 Å². The monoisotopic (exact) mass is 420 g/mol. The van der Waals surface area contributed by atoms with Crippen molar-refractivity contribution >= 4 is 29.1 Å². The fourth-order valence-corrected chi connectivity index (χ4v) is 4.56. The van der Waals surface area contributed by atoms with Crippen LogP contribution in [0, 0.1) is 0 Å². The van der Waals surface area contributed by atoms with E-state index < -0.39 is 0 Å². The van der Waals surface area contributed by atoms with Gasteiger partial charge in [0.2, 0.25) is 11.8 Å². The normalized spacial score (nSPS) is 19.1. The molecule has 2 amide bonds. The SMILES string of the molecule is CCN(C(=O)CN1CCN(CC(=O)Nc2ccccc2Cl)CC1)C1CCCCC1. The first kappa shape index (κ1) is 22.1. The van der Waals surface area contributed by atoms with Crippen LogP contribution in [0.4, 0.5) is 5.69 Å². The Morgan fingerprint density at radius 1 is 1.03 bits per heavy atom. The van der Waals surface area contributed by atoms with E-state index in [2.05, 4.69) is 26.9 Å². The summed E-state index contributed by atoms with van der Waals surface area (Å²) in [6.07, 6.45) is 6.07. The highest BCUT2D eigenvalue weighted by molar-refractivity contribution is 6.33. The predicted octanol–water partition coefficient (Wildman–Crippen LogP) is 3.08. The fraction of sp³-hybridized carbons (Fsp3) is 0.636. The second kappa shape index (κ2) is 11.0. The molecule has 2 fully saturated rings. The molecule has 1 saturated heterocycles. The number of carbonyl (C=O) groups is 2. The minimum absolute atomic E-state index is 0.0583. The largest absolute Gasteiger partial charge is 0.339 e. The van der Waals surface area contributed by atoms with Crippen molar-refractivity contribution in [1.29, 1.82) is 0 Å². The van der Waals surface area contributed by atoms with Crippen molar-refractivity contribution in [2.75, 3.05) is 51.1 Å². The summed E-state index contributed by atoms with van der Waals surface area (Å²) in [7, 11) is 0. The molecule has 29 heavy (non-hydrogen) atoms. The maximum atomic E-state index is 12.8. The molecule has 1 aliphatic heterocycles. The van der Waals surface area contributed by atoms with Crippen molar-refractivity contribution in [2.24, 2.45) is 0 Å². The van der Waals surface area contributed by atoms with Crippen LogP contribution >= 0.6 is 11.6 Å². The fourth-order valence-electron chi connectivity index (χ4n) is 4.37. The Hall–Kier alpha value is -1.63. The zero-order chi connectivity index (χ0) is 20.6. The second-order valence-corrected chi connectivity index (χ2v) is 8.46. The Labute approximate surface area is 179 Å². The molecule has 3 rings (SSSR count). The van der Waals surface area contributed by atoms with Gasteiger partial charge in [0.05, 0.1) is 23.8 Å². The quantitative estimate of drug-likeness (QED) is 0.736. The Morgan fingerprint density at radius 3 is 2.28 bits per heavy atom. The smallest absolute Gasteiger partial charge is 0.238 e. The Kier molecular flexibility index (Phi) is 8.33. The molecule has 0 radical (unpaired) electrons. The highest BCUT2D eigenvalue weighted by Gasteiger charge is 2.27. The van der Waals surface area contributed by atoms with Crippen LogP contribution < -0.4 is 5.32 Å². The molecule has 2 aliphatic rings. The van der Waals surface area contributed by atoms with Gasteiger partial charge in [-0.05, 0) is 31.9 Å². The third-order valence-electron chi connectivity index (χ3n) is 6.02. The molecule has 0 spiro atoms. The van der Waals surface area contributed by atoms with Gasteiger partial charge in [0.25, 0.3) is 0 Å². The number of nitrogens with one attached hydrogen (secondary N) is 1. The third kappa shape index (κ3) is 6.43. The summed E-state index contributed by atoms with van der Waals surface area (Å²) < 4.78 is 0. The van der Waals surface area contributed by atoms with Crippen LogP contribution in [0.1, 0.15) is 39.0 Å². The average molecular weight is 421 g/mol. The molecule has 6 nitrogen and oxygen atoms in total. The zero-order valence-corrected chi connectivity index (χ0v) is 18.2. The number of rotatable bonds is 7. The van der Waals surface area contributed by atoms with E-state index in [9.17, 15) is 9.59 Å². The van der Waals surface area contributed by atoms with Crippen LogP contribution in [-0.2, 0) is 9.59 Å². The minimum Gasteiger partial charge on any atom is -0.339 e. The Morgan fingerprint density at radius 2 is 1.66 bits per heavy atom. The molecule has 0 bridgehead atoms. The maximum Gasteiger partial charge on any atom is 0.238 e. The lowest BCUT2D eigenvalue weighted by Gasteiger charge is -2.37. The summed E-state index contributed by atoms with van der Waals surface area (Å²) in [4.78, 5) is 31.6. The Bertz CT molecular complexity index is 685. The van der Waals surface area contributed by atoms with E-state index in [1.807, 2.05) is 12.1 Å². The van der Waals surface area contributed by atoms with E-state index in [-0.39, 0.29) is 11.8 Å². The lowest BCUT2D eigenvalue weighted by molar-refractivity contribution is -0.135. The van der Waals surface area contributed by atoms with Crippen LogP contribution in [0.25, 0.3) is 0 Å². The number of halogens is 1. The molecular weight excluding hydrogens is 388 g/mol. The summed E-state index contributed by atoms with van der Waals surface area (Å²) in [6, 6.07) is 7.68. The van der Waals surface area contributed by atoms with Crippen molar-refractivity contribution in [3.05, 3.63) is 29.3 Å². The molecule has 7 heteroatoms. The highest BCUT2D eigenvalue weighted by atomic mass is 35.5. The molecule has 0 unspecified atom stereocenters. The minimum atomic E-state index is -0.0583. The molecule has 1 saturated carbocycles. The molecule has 1 N–H and O–H groups in total. The lowest BCUT2D eigenvalue weighted by atomic mass is 9.94. The van der Waals surface area contributed by atoms with Gasteiger partial charge in [0.15, 0.2) is 0 Å². The van der Waals surface area contributed by atoms with Gasteiger partial charge in [-0.15, -0.1) is 0 Å². The standard InChI is InChI=1S/C22H33ClN4O2/c1-2-27(18-8-4-3-5-9-18)22(29)17-26-14-12-25(13-15-26)16-21(28)24-20-11-7-6-10-19(20)23/h6-7,10-11,18H,2-5,8-9,12-17H2,1H3,(H,24,28). The predicted molar refractivity (Wildman–Crippen MR) is 117 cm³/mol. The van der Waals surface area contributed by atoms with E-state index >= 15 is 0 Å². The molecule has 1 aromatic rings. The first-order chi connectivity index (χ1) is 14.1. The molecule has 160 valence electrons. The van der Waals surface area contributed by atoms with Gasteiger partial charge in [-0.25, -0.2) is 0 Å². The van der Waals surface area contributed by atoms with E-state index in [4.69, 9.17) is 11.6 Å². The maximum absolute atomic E-state index is 12.8. The van der Waals surface area contributed by atoms with Gasteiger partial charge in [-0.2, -0.15) is 0 Å².